The Morgan fingerprint density at radius 3 is 2.80 bits per heavy atom. The second-order valence-electron chi connectivity index (χ2n) is 7.29. The highest BCUT2D eigenvalue weighted by Gasteiger charge is 2.56. The van der Waals surface area contributed by atoms with E-state index in [0.717, 1.165) is 42.3 Å². The van der Waals surface area contributed by atoms with Gasteiger partial charge in [0, 0.05) is 16.6 Å². The quantitative estimate of drug-likeness (QED) is 0.732. The summed E-state index contributed by atoms with van der Waals surface area (Å²) in [5.74, 6) is -0.523. The number of hydrogen-bond donors (Lipinski definition) is 1. The average Bonchev–Trinajstić information content (AvgIpc) is 2.81. The molecule has 5 heteroatoms. The molecule has 2 aliphatic rings. The topological polar surface area (TPSA) is 59.4 Å². The van der Waals surface area contributed by atoms with Crippen LogP contribution in [0.15, 0.2) is 28.9 Å². The third-order valence-electron chi connectivity index (χ3n) is 5.52. The number of halogens is 1. The molecule has 0 unspecified atom stereocenters. The van der Waals surface area contributed by atoms with Gasteiger partial charge < -0.3 is 9.84 Å². The van der Waals surface area contributed by atoms with Crippen molar-refractivity contribution in [3.05, 3.63) is 34.6 Å². The molecule has 1 N–H and O–H groups in total. The van der Waals surface area contributed by atoms with Crippen LogP contribution in [0.3, 0.4) is 0 Å². The summed E-state index contributed by atoms with van der Waals surface area (Å²) in [6.45, 7) is 1.91. The van der Waals surface area contributed by atoms with Gasteiger partial charge in [0.25, 0.3) is 0 Å². The summed E-state index contributed by atoms with van der Waals surface area (Å²) in [6, 6.07) is 3.91. The van der Waals surface area contributed by atoms with Gasteiger partial charge in [-0.05, 0) is 66.2 Å². The summed E-state index contributed by atoms with van der Waals surface area (Å²) in [5, 5.41) is 11.1. The molecule has 0 bridgehead atoms. The van der Waals surface area contributed by atoms with E-state index in [-0.39, 0.29) is 17.9 Å². The van der Waals surface area contributed by atoms with Gasteiger partial charge in [0.05, 0.1) is 5.69 Å². The molecule has 0 amide bonds. The van der Waals surface area contributed by atoms with Gasteiger partial charge in [-0.3, -0.25) is 4.98 Å². The van der Waals surface area contributed by atoms with Crippen LogP contribution in [-0.4, -0.2) is 27.8 Å². The Hall–Kier alpha value is -1.20. The van der Waals surface area contributed by atoms with Crippen LogP contribution in [0.1, 0.15) is 57.6 Å². The normalized spacial score (nSPS) is 33.9. The van der Waals surface area contributed by atoms with Crippen molar-refractivity contribution in [3.63, 3.8) is 0 Å². The molecule has 1 aromatic rings. The average molecular weight is 408 g/mol. The van der Waals surface area contributed by atoms with E-state index in [0.29, 0.717) is 6.42 Å². The fourth-order valence-corrected chi connectivity index (χ4v) is 4.48. The zero-order valence-corrected chi connectivity index (χ0v) is 16.2. The summed E-state index contributed by atoms with van der Waals surface area (Å²) >= 11 is 3.39. The highest BCUT2D eigenvalue weighted by atomic mass is 79.9. The van der Waals surface area contributed by atoms with Crippen molar-refractivity contribution < 1.29 is 14.6 Å². The van der Waals surface area contributed by atoms with Crippen molar-refractivity contribution in [2.45, 2.75) is 63.6 Å². The molecule has 0 spiro atoms. The van der Waals surface area contributed by atoms with Crippen LogP contribution in [0.4, 0.5) is 0 Å². The predicted octanol–water partition coefficient (Wildman–Crippen LogP) is 4.51. The van der Waals surface area contributed by atoms with Crippen LogP contribution in [0, 0.1) is 11.8 Å². The van der Waals surface area contributed by atoms with Crippen LogP contribution < -0.4 is 0 Å². The lowest BCUT2D eigenvalue weighted by Gasteiger charge is -2.33. The molecule has 25 heavy (non-hydrogen) atoms. The maximum Gasteiger partial charge on any atom is 0.338 e. The van der Waals surface area contributed by atoms with Gasteiger partial charge in [0.15, 0.2) is 5.60 Å². The molecular weight excluding hydrogens is 382 g/mol. The summed E-state index contributed by atoms with van der Waals surface area (Å²) in [7, 11) is 0. The molecule has 1 aliphatic carbocycles. The molecule has 0 aromatic carbocycles. The monoisotopic (exact) mass is 407 g/mol. The van der Waals surface area contributed by atoms with Crippen LogP contribution in [0.2, 0.25) is 0 Å². The predicted molar refractivity (Wildman–Crippen MR) is 101 cm³/mol. The van der Waals surface area contributed by atoms with Gasteiger partial charge in [-0.1, -0.05) is 31.8 Å². The molecule has 0 radical (unpaired) electrons. The van der Waals surface area contributed by atoms with E-state index in [1.54, 1.807) is 6.20 Å². The van der Waals surface area contributed by atoms with Crippen molar-refractivity contribution in [3.8, 4) is 0 Å². The molecule has 1 aliphatic heterocycles. The fraction of sp³-hybridized carbons (Fsp3) is 0.600. The number of cyclic esters (lactones) is 1. The van der Waals surface area contributed by atoms with Gasteiger partial charge >= 0.3 is 5.97 Å². The summed E-state index contributed by atoms with van der Waals surface area (Å²) in [5.41, 5.74) is -0.472. The molecule has 4 nitrogen and oxygen atoms in total. The number of aromatic nitrogens is 1. The molecule has 1 saturated carbocycles. The first kappa shape index (κ1) is 18.6. The van der Waals surface area contributed by atoms with E-state index < -0.39 is 11.6 Å². The van der Waals surface area contributed by atoms with Crippen molar-refractivity contribution in [2.75, 3.05) is 0 Å². The molecule has 1 aromatic heterocycles. The van der Waals surface area contributed by atoms with Gasteiger partial charge in [-0.15, -0.1) is 0 Å². The second kappa shape index (κ2) is 8.00. The minimum atomic E-state index is -1.35. The molecular formula is C20H26BrNO3. The standard InChI is InChI=1S/C20H26BrNO3/c1-14-18-15(8-10-17-11-9-16(21)13-22-17)7-5-3-2-4-6-12-20(18,24)19(23)25-14/h8-11,13-15,18,24H,2-7,12H2,1H3/b10-8+/t14-,15-,18+,20+/m1/s1. The zero-order valence-electron chi connectivity index (χ0n) is 14.7. The lowest BCUT2D eigenvalue weighted by molar-refractivity contribution is -0.156. The van der Waals surface area contributed by atoms with E-state index in [9.17, 15) is 9.90 Å². The van der Waals surface area contributed by atoms with Crippen LogP contribution >= 0.6 is 15.9 Å². The lowest BCUT2D eigenvalue weighted by atomic mass is 9.72. The van der Waals surface area contributed by atoms with Gasteiger partial charge in [-0.2, -0.15) is 0 Å². The largest absolute Gasteiger partial charge is 0.460 e. The van der Waals surface area contributed by atoms with E-state index in [2.05, 4.69) is 27.0 Å². The van der Waals surface area contributed by atoms with Crippen LogP contribution in [0.25, 0.3) is 6.08 Å². The number of pyridine rings is 1. The maximum atomic E-state index is 12.3. The Morgan fingerprint density at radius 2 is 2.04 bits per heavy atom. The van der Waals surface area contributed by atoms with Crippen molar-refractivity contribution >= 4 is 28.0 Å². The highest BCUT2D eigenvalue weighted by Crippen LogP contribution is 2.44. The van der Waals surface area contributed by atoms with E-state index >= 15 is 0 Å². The minimum absolute atomic E-state index is 0.106. The zero-order chi connectivity index (χ0) is 17.9. The fourth-order valence-electron chi connectivity index (χ4n) is 4.25. The van der Waals surface area contributed by atoms with Crippen LogP contribution in [-0.2, 0) is 9.53 Å². The van der Waals surface area contributed by atoms with Crippen molar-refractivity contribution in [2.24, 2.45) is 11.8 Å². The third kappa shape index (κ3) is 4.14. The first-order valence-electron chi connectivity index (χ1n) is 9.24. The Kier molecular flexibility index (Phi) is 5.95. The lowest BCUT2D eigenvalue weighted by Crippen LogP contribution is -2.45. The molecule has 2 heterocycles. The number of hydrogen-bond acceptors (Lipinski definition) is 4. The Labute approximate surface area is 157 Å². The minimum Gasteiger partial charge on any atom is -0.460 e. The number of carbonyl (C=O) groups is 1. The first-order valence-corrected chi connectivity index (χ1v) is 10.0. The van der Waals surface area contributed by atoms with E-state index in [4.69, 9.17) is 4.74 Å². The number of rotatable bonds is 2. The Bertz CT molecular complexity index is 630. The molecule has 1 saturated heterocycles. The number of ether oxygens (including phenoxy) is 1. The molecule has 2 fully saturated rings. The Morgan fingerprint density at radius 1 is 1.28 bits per heavy atom. The molecule has 4 atom stereocenters. The number of nitrogens with zero attached hydrogens (tertiary/aromatic N) is 1. The number of allylic oxidation sites excluding steroid dienone is 1. The van der Waals surface area contributed by atoms with Gasteiger partial charge in [0.2, 0.25) is 0 Å². The molecule has 3 rings (SSSR count). The van der Waals surface area contributed by atoms with Crippen molar-refractivity contribution in [1.82, 2.24) is 4.98 Å². The number of aliphatic hydroxyl groups is 1. The van der Waals surface area contributed by atoms with Gasteiger partial charge in [0.1, 0.15) is 6.10 Å². The third-order valence-corrected chi connectivity index (χ3v) is 5.99. The highest BCUT2D eigenvalue weighted by molar-refractivity contribution is 9.10. The van der Waals surface area contributed by atoms with Crippen molar-refractivity contribution in [1.29, 1.82) is 0 Å². The first-order chi connectivity index (χ1) is 12.0. The number of esters is 1. The smallest absolute Gasteiger partial charge is 0.338 e. The number of carbonyl (C=O) groups excluding carboxylic acids is 1. The van der Waals surface area contributed by atoms with E-state index in [1.807, 2.05) is 25.1 Å². The van der Waals surface area contributed by atoms with E-state index in [1.165, 1.54) is 6.42 Å². The maximum absolute atomic E-state index is 12.3. The SMILES string of the molecule is C[C@H]1OC(=O)[C@]2(O)CCCCCCC[C@H](/C=C/c3ccc(Br)cn3)[C@H]12. The second-order valence-corrected chi connectivity index (χ2v) is 8.21. The molecule has 136 valence electrons. The summed E-state index contributed by atoms with van der Waals surface area (Å²) in [6.07, 6.45) is 12.5. The summed E-state index contributed by atoms with van der Waals surface area (Å²) in [4.78, 5) is 16.7. The van der Waals surface area contributed by atoms with Gasteiger partial charge in [-0.25, -0.2) is 4.79 Å². The number of fused-ring (bicyclic) bond motifs is 1. The Balaban J connectivity index is 1.86. The van der Waals surface area contributed by atoms with Crippen LogP contribution in [0.5, 0.6) is 0 Å². The summed E-state index contributed by atoms with van der Waals surface area (Å²) < 4.78 is 6.40.